The van der Waals surface area contributed by atoms with Gasteiger partial charge in [-0.05, 0) is 51.1 Å². The summed E-state index contributed by atoms with van der Waals surface area (Å²) >= 11 is 0. The third kappa shape index (κ3) is 4.12. The first kappa shape index (κ1) is 14.1. The van der Waals surface area contributed by atoms with Crippen molar-refractivity contribution in [1.82, 2.24) is 9.97 Å². The second-order valence-electron chi connectivity index (χ2n) is 4.65. The van der Waals surface area contributed by atoms with Crippen LogP contribution in [0.1, 0.15) is 20.8 Å². The van der Waals surface area contributed by atoms with Crippen molar-refractivity contribution < 1.29 is 4.74 Å². The number of ether oxygens (including phenoxy) is 1. The summed E-state index contributed by atoms with van der Waals surface area (Å²) in [6.45, 7) is 6.77. The second-order valence-corrected chi connectivity index (χ2v) is 4.65. The van der Waals surface area contributed by atoms with Crippen molar-refractivity contribution in [3.05, 3.63) is 36.5 Å². The van der Waals surface area contributed by atoms with Gasteiger partial charge >= 0.3 is 0 Å². The molecule has 0 saturated carbocycles. The van der Waals surface area contributed by atoms with Gasteiger partial charge in [0.25, 0.3) is 0 Å². The van der Waals surface area contributed by atoms with E-state index in [1.807, 2.05) is 37.3 Å². The van der Waals surface area contributed by atoms with Gasteiger partial charge in [0.15, 0.2) is 0 Å². The SMILES string of the molecule is CCOc1ccc(Nc2nccc(NC(C)C)n2)cc1. The molecule has 2 rings (SSSR count). The third-order valence-corrected chi connectivity index (χ3v) is 2.51. The number of nitrogens with one attached hydrogen (secondary N) is 2. The Hall–Kier alpha value is -2.30. The number of benzene rings is 1. The van der Waals surface area contributed by atoms with Gasteiger partial charge in [-0.2, -0.15) is 4.98 Å². The Morgan fingerprint density at radius 3 is 2.55 bits per heavy atom. The molecule has 1 aromatic carbocycles. The van der Waals surface area contributed by atoms with Crippen LogP contribution in [0.25, 0.3) is 0 Å². The number of hydrogen-bond acceptors (Lipinski definition) is 5. The van der Waals surface area contributed by atoms with E-state index in [0.717, 1.165) is 17.3 Å². The van der Waals surface area contributed by atoms with E-state index < -0.39 is 0 Å². The van der Waals surface area contributed by atoms with Crippen LogP contribution in [0.2, 0.25) is 0 Å². The summed E-state index contributed by atoms with van der Waals surface area (Å²) in [6, 6.07) is 9.91. The minimum Gasteiger partial charge on any atom is -0.494 e. The maximum atomic E-state index is 5.40. The summed E-state index contributed by atoms with van der Waals surface area (Å²) in [5.74, 6) is 2.23. The van der Waals surface area contributed by atoms with Gasteiger partial charge in [-0.25, -0.2) is 4.98 Å². The summed E-state index contributed by atoms with van der Waals surface area (Å²) < 4.78 is 5.40. The van der Waals surface area contributed by atoms with E-state index >= 15 is 0 Å². The molecule has 20 heavy (non-hydrogen) atoms. The Kier molecular flexibility index (Phi) is 4.76. The third-order valence-electron chi connectivity index (χ3n) is 2.51. The van der Waals surface area contributed by atoms with E-state index in [9.17, 15) is 0 Å². The summed E-state index contributed by atoms with van der Waals surface area (Å²) in [6.07, 6.45) is 1.73. The fourth-order valence-corrected chi connectivity index (χ4v) is 1.73. The fourth-order valence-electron chi connectivity index (χ4n) is 1.73. The van der Waals surface area contributed by atoms with Crippen LogP contribution in [0.5, 0.6) is 5.75 Å². The molecule has 0 spiro atoms. The standard InChI is InChI=1S/C15H20N4O/c1-4-20-13-7-5-12(6-8-13)18-15-16-10-9-14(19-15)17-11(2)3/h5-11H,4H2,1-3H3,(H2,16,17,18,19). The molecule has 0 aliphatic heterocycles. The first-order valence-corrected chi connectivity index (χ1v) is 6.77. The van der Waals surface area contributed by atoms with Crippen LogP contribution in [0.3, 0.4) is 0 Å². The Bertz CT molecular complexity index is 540. The van der Waals surface area contributed by atoms with Gasteiger partial charge in [-0.3, -0.25) is 0 Å². The number of anilines is 3. The predicted molar refractivity (Wildman–Crippen MR) is 81.7 cm³/mol. The van der Waals surface area contributed by atoms with E-state index in [1.54, 1.807) is 6.20 Å². The molecule has 0 atom stereocenters. The van der Waals surface area contributed by atoms with Crippen molar-refractivity contribution in [2.24, 2.45) is 0 Å². The molecule has 1 heterocycles. The summed E-state index contributed by atoms with van der Waals surface area (Å²) in [5.41, 5.74) is 0.926. The van der Waals surface area contributed by atoms with Gasteiger partial charge in [0.1, 0.15) is 11.6 Å². The average Bonchev–Trinajstić information content (AvgIpc) is 2.41. The minimum atomic E-state index is 0.336. The summed E-state index contributed by atoms with van der Waals surface area (Å²) in [5, 5.41) is 6.41. The van der Waals surface area contributed by atoms with Gasteiger partial charge in [-0.15, -0.1) is 0 Å². The summed E-state index contributed by atoms with van der Waals surface area (Å²) in [4.78, 5) is 8.61. The molecule has 0 bridgehead atoms. The Morgan fingerprint density at radius 1 is 1.15 bits per heavy atom. The van der Waals surface area contributed by atoms with Crippen LogP contribution in [0, 0.1) is 0 Å². The number of rotatable bonds is 6. The maximum absolute atomic E-state index is 5.40. The second kappa shape index (κ2) is 6.75. The number of nitrogens with zero attached hydrogens (tertiary/aromatic N) is 2. The van der Waals surface area contributed by atoms with Crippen molar-refractivity contribution >= 4 is 17.5 Å². The molecule has 0 aliphatic carbocycles. The van der Waals surface area contributed by atoms with Crippen molar-refractivity contribution in [2.45, 2.75) is 26.8 Å². The van der Waals surface area contributed by atoms with E-state index in [0.29, 0.717) is 18.6 Å². The molecule has 0 radical (unpaired) electrons. The molecular weight excluding hydrogens is 252 g/mol. The highest BCUT2D eigenvalue weighted by atomic mass is 16.5. The molecule has 1 aromatic heterocycles. The largest absolute Gasteiger partial charge is 0.494 e. The van der Waals surface area contributed by atoms with Crippen molar-refractivity contribution in [3.8, 4) is 5.75 Å². The lowest BCUT2D eigenvalue weighted by atomic mass is 10.3. The summed E-state index contributed by atoms with van der Waals surface area (Å²) in [7, 11) is 0. The molecule has 0 fully saturated rings. The van der Waals surface area contributed by atoms with E-state index in [1.165, 1.54) is 0 Å². The smallest absolute Gasteiger partial charge is 0.229 e. The highest BCUT2D eigenvalue weighted by molar-refractivity contribution is 5.55. The van der Waals surface area contributed by atoms with E-state index in [4.69, 9.17) is 4.74 Å². The Morgan fingerprint density at radius 2 is 1.90 bits per heavy atom. The van der Waals surface area contributed by atoms with Crippen LogP contribution in [-0.4, -0.2) is 22.6 Å². The first-order valence-electron chi connectivity index (χ1n) is 6.77. The lowest BCUT2D eigenvalue weighted by Crippen LogP contribution is -2.11. The Labute approximate surface area is 119 Å². The predicted octanol–water partition coefficient (Wildman–Crippen LogP) is 3.44. The highest BCUT2D eigenvalue weighted by Crippen LogP contribution is 2.18. The molecule has 0 aliphatic rings. The van der Waals surface area contributed by atoms with Gasteiger partial charge < -0.3 is 15.4 Å². The van der Waals surface area contributed by atoms with Crippen LogP contribution >= 0.6 is 0 Å². The fraction of sp³-hybridized carbons (Fsp3) is 0.333. The van der Waals surface area contributed by atoms with Gasteiger partial charge in [0.2, 0.25) is 5.95 Å². The molecule has 2 aromatic rings. The van der Waals surface area contributed by atoms with Crippen molar-refractivity contribution in [1.29, 1.82) is 0 Å². The molecule has 5 heteroatoms. The average molecular weight is 272 g/mol. The molecular formula is C15H20N4O. The van der Waals surface area contributed by atoms with Crippen LogP contribution in [-0.2, 0) is 0 Å². The lowest BCUT2D eigenvalue weighted by Gasteiger charge is -2.11. The zero-order chi connectivity index (χ0) is 14.4. The highest BCUT2D eigenvalue weighted by Gasteiger charge is 2.01. The van der Waals surface area contributed by atoms with Crippen molar-refractivity contribution in [2.75, 3.05) is 17.2 Å². The molecule has 5 nitrogen and oxygen atoms in total. The number of hydrogen-bond donors (Lipinski definition) is 2. The van der Waals surface area contributed by atoms with Crippen LogP contribution in [0.15, 0.2) is 36.5 Å². The maximum Gasteiger partial charge on any atom is 0.229 e. The van der Waals surface area contributed by atoms with Gasteiger partial charge in [-0.1, -0.05) is 0 Å². The van der Waals surface area contributed by atoms with E-state index in [2.05, 4.69) is 34.4 Å². The van der Waals surface area contributed by atoms with Gasteiger partial charge in [0.05, 0.1) is 6.61 Å². The molecule has 2 N–H and O–H groups in total. The molecule has 0 saturated heterocycles. The molecule has 106 valence electrons. The van der Waals surface area contributed by atoms with Crippen LogP contribution < -0.4 is 15.4 Å². The zero-order valence-electron chi connectivity index (χ0n) is 12.1. The monoisotopic (exact) mass is 272 g/mol. The Balaban J connectivity index is 2.05. The number of aromatic nitrogens is 2. The quantitative estimate of drug-likeness (QED) is 0.843. The van der Waals surface area contributed by atoms with E-state index in [-0.39, 0.29) is 0 Å². The zero-order valence-corrected chi connectivity index (χ0v) is 12.1. The van der Waals surface area contributed by atoms with Crippen molar-refractivity contribution in [3.63, 3.8) is 0 Å². The van der Waals surface area contributed by atoms with Gasteiger partial charge in [0, 0.05) is 17.9 Å². The molecule has 0 unspecified atom stereocenters. The lowest BCUT2D eigenvalue weighted by molar-refractivity contribution is 0.340. The molecule has 0 amide bonds. The normalized spacial score (nSPS) is 10.4. The topological polar surface area (TPSA) is 59.1 Å². The first-order chi connectivity index (χ1) is 9.67. The van der Waals surface area contributed by atoms with Crippen LogP contribution in [0.4, 0.5) is 17.5 Å². The minimum absolute atomic E-state index is 0.336.